The Morgan fingerprint density at radius 1 is 1.29 bits per heavy atom. The minimum atomic E-state index is 0.134. The molecule has 0 bridgehead atoms. The number of nitrogens with two attached hydrogens (primary N) is 1. The first-order chi connectivity index (χ1) is 8.38. The highest BCUT2D eigenvalue weighted by Crippen LogP contribution is 2.27. The normalized spacial score (nSPS) is 15.8. The van der Waals surface area contributed by atoms with Gasteiger partial charge in [0.2, 0.25) is 5.88 Å². The van der Waals surface area contributed by atoms with Gasteiger partial charge in [-0.1, -0.05) is 18.2 Å². The van der Waals surface area contributed by atoms with E-state index in [4.69, 9.17) is 15.2 Å². The van der Waals surface area contributed by atoms with Gasteiger partial charge in [0.1, 0.15) is 6.10 Å². The molecule has 0 amide bonds. The Kier molecular flexibility index (Phi) is 2.66. The Hall–Kier alpha value is -1.65. The fourth-order valence-corrected chi connectivity index (χ4v) is 1.92. The second-order valence-corrected chi connectivity index (χ2v) is 4.12. The molecule has 4 nitrogen and oxygen atoms in total. The Morgan fingerprint density at radius 3 is 2.71 bits per heavy atom. The van der Waals surface area contributed by atoms with E-state index in [1.54, 1.807) is 6.20 Å². The van der Waals surface area contributed by atoms with Crippen LogP contribution in [0.3, 0.4) is 0 Å². The third-order valence-corrected chi connectivity index (χ3v) is 2.95. The number of hydrogen-bond acceptors (Lipinski definition) is 4. The van der Waals surface area contributed by atoms with Crippen LogP contribution in [-0.2, 0) is 11.3 Å². The molecular weight excluding hydrogens is 216 g/mol. The van der Waals surface area contributed by atoms with E-state index in [1.807, 2.05) is 24.3 Å². The molecule has 2 heterocycles. The van der Waals surface area contributed by atoms with Gasteiger partial charge in [0.15, 0.2) is 0 Å². The molecule has 1 aromatic carbocycles. The average Bonchev–Trinajstić information content (AvgIpc) is 2.33. The minimum absolute atomic E-state index is 0.134. The van der Waals surface area contributed by atoms with E-state index < -0.39 is 0 Å². The van der Waals surface area contributed by atoms with E-state index in [0.717, 1.165) is 16.3 Å². The number of fused-ring (bicyclic) bond motifs is 1. The highest BCUT2D eigenvalue weighted by Gasteiger charge is 2.21. The lowest BCUT2D eigenvalue weighted by Gasteiger charge is -2.26. The summed E-state index contributed by atoms with van der Waals surface area (Å²) in [5.41, 5.74) is 6.74. The monoisotopic (exact) mass is 230 g/mol. The van der Waals surface area contributed by atoms with Crippen molar-refractivity contribution < 1.29 is 9.47 Å². The molecule has 1 aliphatic rings. The van der Waals surface area contributed by atoms with Crippen molar-refractivity contribution in [3.05, 3.63) is 36.0 Å². The zero-order valence-corrected chi connectivity index (χ0v) is 9.43. The van der Waals surface area contributed by atoms with Crippen LogP contribution in [0.2, 0.25) is 0 Å². The van der Waals surface area contributed by atoms with Gasteiger partial charge in [0.05, 0.1) is 13.2 Å². The molecule has 0 atom stereocenters. The van der Waals surface area contributed by atoms with Crippen LogP contribution < -0.4 is 10.5 Å². The number of nitrogens with zero attached hydrogens (tertiary/aromatic N) is 1. The van der Waals surface area contributed by atoms with Crippen LogP contribution in [0.1, 0.15) is 5.56 Å². The molecule has 2 aromatic rings. The van der Waals surface area contributed by atoms with Crippen molar-refractivity contribution in [2.75, 3.05) is 13.2 Å². The quantitative estimate of drug-likeness (QED) is 0.867. The van der Waals surface area contributed by atoms with Crippen molar-refractivity contribution >= 4 is 10.8 Å². The molecule has 0 aliphatic carbocycles. The zero-order valence-electron chi connectivity index (χ0n) is 9.43. The summed E-state index contributed by atoms with van der Waals surface area (Å²) in [6, 6.07) is 8.03. The van der Waals surface area contributed by atoms with Crippen molar-refractivity contribution in [2.45, 2.75) is 12.6 Å². The predicted octanol–water partition coefficient (Wildman–Crippen LogP) is 1.47. The minimum Gasteiger partial charge on any atom is -0.469 e. The van der Waals surface area contributed by atoms with Gasteiger partial charge in [0.25, 0.3) is 0 Å². The number of rotatable bonds is 3. The van der Waals surface area contributed by atoms with E-state index in [-0.39, 0.29) is 6.10 Å². The fourth-order valence-electron chi connectivity index (χ4n) is 1.92. The van der Waals surface area contributed by atoms with Crippen LogP contribution in [0.25, 0.3) is 10.8 Å². The number of pyridine rings is 1. The number of aromatic nitrogens is 1. The molecule has 88 valence electrons. The van der Waals surface area contributed by atoms with Crippen LogP contribution in [-0.4, -0.2) is 24.3 Å². The van der Waals surface area contributed by atoms with Crippen LogP contribution in [0.4, 0.5) is 0 Å². The maximum atomic E-state index is 5.79. The molecule has 2 N–H and O–H groups in total. The molecular formula is C13H14N2O2. The summed E-state index contributed by atoms with van der Waals surface area (Å²) < 4.78 is 10.9. The topological polar surface area (TPSA) is 57.4 Å². The second kappa shape index (κ2) is 4.31. The van der Waals surface area contributed by atoms with Gasteiger partial charge in [-0.15, -0.1) is 0 Å². The Morgan fingerprint density at radius 2 is 2.06 bits per heavy atom. The molecule has 3 rings (SSSR count). The summed E-state index contributed by atoms with van der Waals surface area (Å²) >= 11 is 0. The van der Waals surface area contributed by atoms with Gasteiger partial charge in [-0.25, -0.2) is 4.98 Å². The lowest BCUT2D eigenvalue weighted by molar-refractivity contribution is -0.0807. The summed E-state index contributed by atoms with van der Waals surface area (Å²) in [7, 11) is 0. The highest BCUT2D eigenvalue weighted by atomic mass is 16.6. The van der Waals surface area contributed by atoms with Crippen LogP contribution in [0, 0.1) is 0 Å². The molecule has 0 spiro atoms. The van der Waals surface area contributed by atoms with Crippen molar-refractivity contribution in [3.8, 4) is 5.88 Å². The fraction of sp³-hybridized carbons (Fsp3) is 0.308. The van der Waals surface area contributed by atoms with E-state index in [2.05, 4.69) is 4.98 Å². The summed E-state index contributed by atoms with van der Waals surface area (Å²) in [6.07, 6.45) is 1.92. The lowest BCUT2D eigenvalue weighted by Crippen LogP contribution is -2.38. The number of hydrogen-bond donors (Lipinski definition) is 1. The van der Waals surface area contributed by atoms with Crippen molar-refractivity contribution in [1.82, 2.24) is 4.98 Å². The number of benzene rings is 1. The molecule has 4 heteroatoms. The molecule has 1 fully saturated rings. The molecule has 0 saturated carbocycles. The Balaban J connectivity index is 2.05. The molecule has 17 heavy (non-hydrogen) atoms. The van der Waals surface area contributed by atoms with Gasteiger partial charge < -0.3 is 15.2 Å². The molecule has 0 radical (unpaired) electrons. The molecule has 1 aliphatic heterocycles. The predicted molar refractivity (Wildman–Crippen MR) is 64.9 cm³/mol. The van der Waals surface area contributed by atoms with Gasteiger partial charge in [-0.2, -0.15) is 0 Å². The summed E-state index contributed by atoms with van der Waals surface area (Å²) in [6.45, 7) is 1.78. The number of ether oxygens (including phenoxy) is 2. The molecule has 0 unspecified atom stereocenters. The van der Waals surface area contributed by atoms with E-state index in [0.29, 0.717) is 25.6 Å². The van der Waals surface area contributed by atoms with Crippen LogP contribution >= 0.6 is 0 Å². The molecule has 1 aromatic heterocycles. The standard InChI is InChI=1S/C13H14N2O2/c14-5-9-6-15-13(17-10-7-16-8-10)12-4-2-1-3-11(9)12/h1-4,6,10H,5,7-8,14H2. The van der Waals surface area contributed by atoms with E-state index in [9.17, 15) is 0 Å². The van der Waals surface area contributed by atoms with Gasteiger partial charge in [-0.3, -0.25) is 0 Å². The van der Waals surface area contributed by atoms with Crippen LogP contribution in [0.5, 0.6) is 5.88 Å². The third kappa shape index (κ3) is 1.85. The summed E-state index contributed by atoms with van der Waals surface area (Å²) in [4.78, 5) is 4.34. The second-order valence-electron chi connectivity index (χ2n) is 4.12. The lowest BCUT2D eigenvalue weighted by atomic mass is 10.1. The van der Waals surface area contributed by atoms with Gasteiger partial charge in [0, 0.05) is 18.1 Å². The highest BCUT2D eigenvalue weighted by molar-refractivity contribution is 5.89. The smallest absolute Gasteiger partial charge is 0.221 e. The summed E-state index contributed by atoms with van der Waals surface area (Å²) in [5, 5.41) is 2.13. The first-order valence-electron chi connectivity index (χ1n) is 5.69. The van der Waals surface area contributed by atoms with Crippen molar-refractivity contribution in [3.63, 3.8) is 0 Å². The van der Waals surface area contributed by atoms with Crippen molar-refractivity contribution in [2.24, 2.45) is 5.73 Å². The largest absolute Gasteiger partial charge is 0.469 e. The Labute approximate surface area is 99.4 Å². The maximum absolute atomic E-state index is 5.79. The van der Waals surface area contributed by atoms with Gasteiger partial charge in [-0.05, 0) is 17.0 Å². The first kappa shape index (κ1) is 10.5. The maximum Gasteiger partial charge on any atom is 0.221 e. The Bertz CT molecular complexity index is 538. The third-order valence-electron chi connectivity index (χ3n) is 2.95. The average molecular weight is 230 g/mol. The van der Waals surface area contributed by atoms with Gasteiger partial charge >= 0.3 is 0 Å². The molecule has 1 saturated heterocycles. The van der Waals surface area contributed by atoms with Crippen LogP contribution in [0.15, 0.2) is 30.5 Å². The summed E-state index contributed by atoms with van der Waals surface area (Å²) in [5.74, 6) is 0.672. The zero-order chi connectivity index (χ0) is 11.7. The SMILES string of the molecule is NCc1cnc(OC2COC2)c2ccccc12. The van der Waals surface area contributed by atoms with E-state index in [1.165, 1.54) is 0 Å². The van der Waals surface area contributed by atoms with E-state index >= 15 is 0 Å². The van der Waals surface area contributed by atoms with Crippen molar-refractivity contribution in [1.29, 1.82) is 0 Å². The first-order valence-corrected chi connectivity index (χ1v) is 5.69.